The van der Waals surface area contributed by atoms with Crippen molar-refractivity contribution in [2.24, 2.45) is 0 Å². The molecule has 0 fully saturated rings. The summed E-state index contributed by atoms with van der Waals surface area (Å²) in [6.45, 7) is 0. The van der Waals surface area contributed by atoms with E-state index in [0.29, 0.717) is 0 Å². The number of aromatic nitrogens is 1. The highest BCUT2D eigenvalue weighted by Crippen LogP contribution is 2.36. The van der Waals surface area contributed by atoms with Gasteiger partial charge in [0.15, 0.2) is 5.69 Å². The van der Waals surface area contributed by atoms with E-state index < -0.39 is 11.8 Å². The second-order valence-electron chi connectivity index (χ2n) is 3.54. The van der Waals surface area contributed by atoms with Gasteiger partial charge in [-0.05, 0) is 12.1 Å². The first-order valence-corrected chi connectivity index (χ1v) is 6.59. The van der Waals surface area contributed by atoms with Gasteiger partial charge in [0.2, 0.25) is 0 Å². The monoisotopic (exact) mass is 353 g/mol. The van der Waals surface area contributed by atoms with E-state index in [1.54, 1.807) is 0 Å². The first-order chi connectivity index (χ1) is 9.40. The minimum absolute atomic E-state index is 0.00457. The van der Waals surface area contributed by atoms with E-state index in [2.05, 4.69) is 4.98 Å². The Kier molecular flexibility index (Phi) is 4.70. The molecular formula is C12H4Cl4FNO2. The molecule has 104 valence electrons. The summed E-state index contributed by atoms with van der Waals surface area (Å²) in [4.78, 5) is 15.6. The largest absolute Gasteiger partial charge is 0.422 e. The molecule has 0 amide bonds. The number of rotatable bonds is 2. The second-order valence-corrected chi connectivity index (χ2v) is 5.03. The molecule has 0 spiro atoms. The molecule has 20 heavy (non-hydrogen) atoms. The Labute approximate surface area is 133 Å². The van der Waals surface area contributed by atoms with Crippen LogP contribution in [-0.4, -0.2) is 11.0 Å². The third-order valence-corrected chi connectivity index (χ3v) is 3.86. The van der Waals surface area contributed by atoms with Crippen LogP contribution < -0.4 is 4.74 Å². The molecule has 0 unspecified atom stereocenters. The van der Waals surface area contributed by atoms with Gasteiger partial charge in [-0.15, -0.1) is 0 Å². The summed E-state index contributed by atoms with van der Waals surface area (Å²) in [6.07, 6.45) is 0. The molecule has 2 rings (SSSR count). The Morgan fingerprint density at radius 1 is 1.10 bits per heavy atom. The number of halogens is 5. The fraction of sp³-hybridized carbons (Fsp3) is 0. The van der Waals surface area contributed by atoms with Crippen LogP contribution in [0.25, 0.3) is 0 Å². The number of carbonyl (C=O) groups excluding carboxylic acids is 1. The molecule has 0 saturated carbocycles. The molecule has 1 heterocycles. The van der Waals surface area contributed by atoms with Crippen LogP contribution in [0.2, 0.25) is 20.2 Å². The van der Waals surface area contributed by atoms with E-state index in [9.17, 15) is 9.18 Å². The van der Waals surface area contributed by atoms with Crippen LogP contribution in [0.15, 0.2) is 24.3 Å². The molecule has 2 aromatic rings. The second kappa shape index (κ2) is 6.14. The molecular weight excluding hydrogens is 351 g/mol. The van der Waals surface area contributed by atoms with Crippen LogP contribution in [0.3, 0.4) is 0 Å². The van der Waals surface area contributed by atoms with Crippen molar-refractivity contribution in [3.63, 3.8) is 0 Å². The first-order valence-electron chi connectivity index (χ1n) is 5.08. The number of hydrogen-bond donors (Lipinski definition) is 0. The van der Waals surface area contributed by atoms with Crippen LogP contribution in [0.5, 0.6) is 5.75 Å². The maximum atomic E-state index is 13.0. The minimum Gasteiger partial charge on any atom is -0.422 e. The van der Waals surface area contributed by atoms with Crippen molar-refractivity contribution in [3.05, 3.63) is 56.0 Å². The highest BCUT2D eigenvalue weighted by atomic mass is 35.5. The van der Waals surface area contributed by atoms with Gasteiger partial charge in [0.05, 0.1) is 15.1 Å². The lowest BCUT2D eigenvalue weighted by Crippen LogP contribution is -2.12. The van der Waals surface area contributed by atoms with E-state index in [0.717, 1.165) is 6.07 Å². The van der Waals surface area contributed by atoms with Crippen molar-refractivity contribution >= 4 is 52.4 Å². The zero-order valence-corrected chi connectivity index (χ0v) is 12.5. The number of benzene rings is 1. The SMILES string of the molecule is O=C(Oc1cccc(F)c1)c1nc(Cl)c(Cl)c(Cl)c1Cl. The average molecular weight is 355 g/mol. The zero-order valence-electron chi connectivity index (χ0n) is 9.46. The molecule has 0 atom stereocenters. The van der Waals surface area contributed by atoms with Crippen LogP contribution in [0, 0.1) is 5.82 Å². The van der Waals surface area contributed by atoms with Gasteiger partial charge in [-0.1, -0.05) is 52.5 Å². The van der Waals surface area contributed by atoms with Crippen molar-refractivity contribution < 1.29 is 13.9 Å². The smallest absolute Gasteiger partial charge is 0.364 e. The Morgan fingerprint density at radius 3 is 2.45 bits per heavy atom. The zero-order chi connectivity index (χ0) is 14.9. The third kappa shape index (κ3) is 3.15. The molecule has 0 saturated heterocycles. The van der Waals surface area contributed by atoms with Crippen LogP contribution in [0.4, 0.5) is 4.39 Å². The molecule has 8 heteroatoms. The van der Waals surface area contributed by atoms with E-state index in [-0.39, 0.29) is 31.7 Å². The van der Waals surface area contributed by atoms with Crippen molar-refractivity contribution in [1.82, 2.24) is 4.98 Å². The Morgan fingerprint density at radius 2 is 1.80 bits per heavy atom. The maximum Gasteiger partial charge on any atom is 0.364 e. The third-order valence-electron chi connectivity index (χ3n) is 2.18. The maximum absolute atomic E-state index is 13.0. The van der Waals surface area contributed by atoms with Gasteiger partial charge in [0.25, 0.3) is 0 Å². The minimum atomic E-state index is -0.930. The number of esters is 1. The Bertz CT molecular complexity index is 693. The van der Waals surface area contributed by atoms with Crippen LogP contribution in [-0.2, 0) is 0 Å². The number of pyridine rings is 1. The topological polar surface area (TPSA) is 39.2 Å². The fourth-order valence-electron chi connectivity index (χ4n) is 1.31. The molecule has 0 aliphatic rings. The predicted molar refractivity (Wildman–Crippen MR) is 75.6 cm³/mol. The lowest BCUT2D eigenvalue weighted by molar-refractivity contribution is 0.0728. The Hall–Kier alpha value is -1.07. The number of nitrogens with zero attached hydrogens (tertiary/aromatic N) is 1. The fourth-order valence-corrected chi connectivity index (χ4v) is 2.11. The van der Waals surface area contributed by atoms with Gasteiger partial charge in [-0.3, -0.25) is 0 Å². The molecule has 0 bridgehead atoms. The highest BCUT2D eigenvalue weighted by molar-refractivity contribution is 6.52. The van der Waals surface area contributed by atoms with Crippen molar-refractivity contribution in [2.45, 2.75) is 0 Å². The lowest BCUT2D eigenvalue weighted by atomic mass is 10.3. The van der Waals surface area contributed by atoms with Gasteiger partial charge < -0.3 is 4.74 Å². The van der Waals surface area contributed by atoms with Crippen molar-refractivity contribution in [2.75, 3.05) is 0 Å². The van der Waals surface area contributed by atoms with Crippen LogP contribution in [0.1, 0.15) is 10.5 Å². The number of carbonyl (C=O) groups is 1. The Balaban J connectivity index is 2.35. The summed E-state index contributed by atoms with van der Waals surface area (Å²) in [5.41, 5.74) is -0.310. The van der Waals surface area contributed by atoms with Crippen LogP contribution >= 0.6 is 46.4 Å². The predicted octanol–water partition coefficient (Wildman–Crippen LogP) is 5.05. The lowest BCUT2D eigenvalue weighted by Gasteiger charge is -2.08. The van der Waals surface area contributed by atoms with Crippen molar-refractivity contribution in [3.8, 4) is 5.75 Å². The van der Waals surface area contributed by atoms with E-state index >= 15 is 0 Å². The summed E-state index contributed by atoms with van der Waals surface area (Å²) in [7, 11) is 0. The van der Waals surface area contributed by atoms with E-state index in [4.69, 9.17) is 51.1 Å². The van der Waals surface area contributed by atoms with Gasteiger partial charge in [-0.25, -0.2) is 14.2 Å². The van der Waals surface area contributed by atoms with E-state index in [1.165, 1.54) is 18.2 Å². The molecule has 0 aliphatic carbocycles. The van der Waals surface area contributed by atoms with Gasteiger partial charge >= 0.3 is 5.97 Å². The normalized spacial score (nSPS) is 10.4. The van der Waals surface area contributed by atoms with Gasteiger partial charge in [0.1, 0.15) is 16.7 Å². The van der Waals surface area contributed by atoms with Gasteiger partial charge in [0, 0.05) is 6.07 Å². The molecule has 3 nitrogen and oxygen atoms in total. The van der Waals surface area contributed by atoms with Crippen molar-refractivity contribution in [1.29, 1.82) is 0 Å². The number of ether oxygens (including phenoxy) is 1. The molecule has 0 N–H and O–H groups in total. The molecule has 1 aromatic carbocycles. The molecule has 0 aliphatic heterocycles. The summed E-state index contributed by atoms with van der Waals surface area (Å²) in [5.74, 6) is -1.49. The standard InChI is InChI=1S/C12H4Cl4FNO2/c13-7-8(14)10(18-11(16)9(7)15)12(19)20-6-3-1-2-5(17)4-6/h1-4H. The number of hydrogen-bond acceptors (Lipinski definition) is 3. The molecule has 1 aromatic heterocycles. The van der Waals surface area contributed by atoms with E-state index in [1.807, 2.05) is 0 Å². The summed E-state index contributed by atoms with van der Waals surface area (Å²) in [6, 6.07) is 5.02. The quantitative estimate of drug-likeness (QED) is 0.430. The first kappa shape index (κ1) is 15.3. The summed E-state index contributed by atoms with van der Waals surface area (Å²) in [5, 5.41) is -0.560. The molecule has 0 radical (unpaired) electrons. The average Bonchev–Trinajstić information content (AvgIpc) is 2.40. The van der Waals surface area contributed by atoms with Gasteiger partial charge in [-0.2, -0.15) is 0 Å². The summed E-state index contributed by atoms with van der Waals surface area (Å²) >= 11 is 23.1. The highest BCUT2D eigenvalue weighted by Gasteiger charge is 2.22. The summed E-state index contributed by atoms with van der Waals surface area (Å²) < 4.78 is 17.9.